The molecule has 1 atom stereocenters. The summed E-state index contributed by atoms with van der Waals surface area (Å²) in [5.74, 6) is -2.67. The van der Waals surface area contributed by atoms with Crippen molar-refractivity contribution in [1.29, 1.82) is 0 Å². The van der Waals surface area contributed by atoms with Crippen molar-refractivity contribution in [2.24, 2.45) is 5.73 Å². The number of aliphatic carboxylic acids is 1. The average molecular weight is 225 g/mol. The molecule has 0 fully saturated rings. The van der Waals surface area contributed by atoms with E-state index in [1.165, 1.54) is 18.5 Å². The van der Waals surface area contributed by atoms with E-state index in [0.717, 1.165) is 0 Å². The van der Waals surface area contributed by atoms with Crippen LogP contribution in [-0.4, -0.2) is 33.9 Å². The Balaban J connectivity index is 2.65. The molecule has 1 aromatic heterocycles. The lowest BCUT2D eigenvalue weighted by Crippen LogP contribution is -2.43. The molecule has 0 aliphatic heterocycles. The average Bonchev–Trinajstić information content (AvgIpc) is 2.68. The molecule has 0 saturated carbocycles. The van der Waals surface area contributed by atoms with Gasteiger partial charge >= 0.3 is 5.97 Å². The standard InChI is InChI=1S/C9H11N3O4/c10-7(13)3-6(9(15)16)12-8(14)5-1-2-11-4-5/h1-2,4,6,11H,3H2,(H2,10,13)(H,12,14)(H,15,16)/t6-/m0/s1. The Labute approximate surface area is 90.6 Å². The monoisotopic (exact) mass is 225 g/mol. The second-order valence-corrected chi connectivity index (χ2v) is 3.13. The Kier molecular flexibility index (Phi) is 3.65. The highest BCUT2D eigenvalue weighted by molar-refractivity contribution is 5.97. The molecule has 1 heterocycles. The number of carboxylic acid groups (broad SMARTS) is 1. The van der Waals surface area contributed by atoms with Crippen LogP contribution in [0.4, 0.5) is 0 Å². The lowest BCUT2D eigenvalue weighted by Gasteiger charge is -2.11. The lowest BCUT2D eigenvalue weighted by atomic mass is 10.2. The zero-order valence-electron chi connectivity index (χ0n) is 8.27. The molecule has 16 heavy (non-hydrogen) atoms. The number of carboxylic acids is 1. The normalized spacial score (nSPS) is 11.8. The summed E-state index contributed by atoms with van der Waals surface area (Å²) in [6.45, 7) is 0. The number of amides is 2. The summed E-state index contributed by atoms with van der Waals surface area (Å²) in [4.78, 5) is 35.4. The van der Waals surface area contributed by atoms with Crippen molar-refractivity contribution >= 4 is 17.8 Å². The maximum Gasteiger partial charge on any atom is 0.326 e. The summed E-state index contributed by atoms with van der Waals surface area (Å²) >= 11 is 0. The Hall–Kier alpha value is -2.31. The van der Waals surface area contributed by atoms with Crippen molar-refractivity contribution in [3.63, 3.8) is 0 Å². The number of aromatic amines is 1. The third-order valence-corrected chi connectivity index (χ3v) is 1.87. The Morgan fingerprint density at radius 2 is 2.19 bits per heavy atom. The van der Waals surface area contributed by atoms with Gasteiger partial charge in [0, 0.05) is 12.4 Å². The molecule has 2 amide bonds. The first-order chi connectivity index (χ1) is 7.50. The van der Waals surface area contributed by atoms with Crippen molar-refractivity contribution in [3.05, 3.63) is 24.0 Å². The fraction of sp³-hybridized carbons (Fsp3) is 0.222. The summed E-state index contributed by atoms with van der Waals surface area (Å²) in [5.41, 5.74) is 5.15. The third kappa shape index (κ3) is 3.12. The first-order valence-electron chi connectivity index (χ1n) is 4.45. The number of nitrogens with two attached hydrogens (primary N) is 1. The van der Waals surface area contributed by atoms with Crippen LogP contribution in [0.2, 0.25) is 0 Å². The van der Waals surface area contributed by atoms with Gasteiger partial charge in [-0.2, -0.15) is 0 Å². The molecule has 7 nitrogen and oxygen atoms in total. The zero-order chi connectivity index (χ0) is 12.1. The molecule has 5 N–H and O–H groups in total. The predicted octanol–water partition coefficient (Wildman–Crippen LogP) is -0.927. The topological polar surface area (TPSA) is 125 Å². The van der Waals surface area contributed by atoms with Gasteiger partial charge in [0.15, 0.2) is 0 Å². The third-order valence-electron chi connectivity index (χ3n) is 1.87. The van der Waals surface area contributed by atoms with E-state index in [-0.39, 0.29) is 5.56 Å². The summed E-state index contributed by atoms with van der Waals surface area (Å²) in [6, 6.07) is 0.179. The molecule has 86 valence electrons. The number of nitrogens with one attached hydrogen (secondary N) is 2. The number of H-pyrrole nitrogens is 1. The molecule has 1 aromatic rings. The molecule has 0 aliphatic rings. The van der Waals surface area contributed by atoms with Crippen molar-refractivity contribution in [3.8, 4) is 0 Å². The van der Waals surface area contributed by atoms with Crippen LogP contribution < -0.4 is 11.1 Å². The summed E-state index contributed by atoms with van der Waals surface area (Å²) in [6.07, 6.45) is 2.50. The quantitative estimate of drug-likeness (QED) is 0.516. The number of hydrogen-bond donors (Lipinski definition) is 4. The first kappa shape index (κ1) is 11.8. The van der Waals surface area contributed by atoms with Crippen molar-refractivity contribution < 1.29 is 19.5 Å². The van der Waals surface area contributed by atoms with Crippen molar-refractivity contribution in [2.45, 2.75) is 12.5 Å². The Morgan fingerprint density at radius 3 is 2.62 bits per heavy atom. The van der Waals surface area contributed by atoms with Gasteiger partial charge in [-0.25, -0.2) is 4.79 Å². The van der Waals surface area contributed by atoms with Gasteiger partial charge in [-0.05, 0) is 6.07 Å². The first-order valence-corrected chi connectivity index (χ1v) is 4.45. The van der Waals surface area contributed by atoms with Crippen LogP contribution in [-0.2, 0) is 9.59 Å². The van der Waals surface area contributed by atoms with E-state index in [4.69, 9.17) is 10.8 Å². The number of rotatable bonds is 5. The van der Waals surface area contributed by atoms with Crippen LogP contribution in [0.5, 0.6) is 0 Å². The number of hydrogen-bond acceptors (Lipinski definition) is 3. The van der Waals surface area contributed by atoms with E-state index in [1.807, 2.05) is 0 Å². The highest BCUT2D eigenvalue weighted by Crippen LogP contribution is 1.99. The molecule has 1 rings (SSSR count). The van der Waals surface area contributed by atoms with Crippen molar-refractivity contribution in [2.75, 3.05) is 0 Å². The Morgan fingerprint density at radius 1 is 1.50 bits per heavy atom. The van der Waals surface area contributed by atoms with Crippen LogP contribution in [0.3, 0.4) is 0 Å². The molecule has 0 radical (unpaired) electrons. The minimum absolute atomic E-state index is 0.288. The van der Waals surface area contributed by atoms with Gasteiger partial charge < -0.3 is 21.1 Å². The highest BCUT2D eigenvalue weighted by Gasteiger charge is 2.22. The summed E-state index contributed by atoms with van der Waals surface area (Å²) < 4.78 is 0. The minimum Gasteiger partial charge on any atom is -0.480 e. The molecule has 0 spiro atoms. The maximum absolute atomic E-state index is 11.5. The van der Waals surface area contributed by atoms with E-state index in [9.17, 15) is 14.4 Å². The highest BCUT2D eigenvalue weighted by atomic mass is 16.4. The van der Waals surface area contributed by atoms with E-state index < -0.39 is 30.2 Å². The molecular formula is C9H11N3O4. The summed E-state index contributed by atoms with van der Waals surface area (Å²) in [7, 11) is 0. The van der Waals surface area contributed by atoms with Crippen LogP contribution in [0.25, 0.3) is 0 Å². The molecule has 0 aromatic carbocycles. The number of carbonyl (C=O) groups is 3. The van der Waals surface area contributed by atoms with Gasteiger partial charge in [0.1, 0.15) is 6.04 Å². The molecule has 0 aliphatic carbocycles. The lowest BCUT2D eigenvalue weighted by molar-refractivity contribution is -0.140. The molecular weight excluding hydrogens is 214 g/mol. The van der Waals surface area contributed by atoms with E-state index in [0.29, 0.717) is 0 Å². The molecule has 0 unspecified atom stereocenters. The SMILES string of the molecule is NC(=O)C[C@H](NC(=O)c1cc[nH]c1)C(=O)O. The fourth-order valence-electron chi connectivity index (χ4n) is 1.11. The second-order valence-electron chi connectivity index (χ2n) is 3.13. The zero-order valence-corrected chi connectivity index (χ0v) is 8.27. The molecule has 0 saturated heterocycles. The maximum atomic E-state index is 11.5. The van der Waals surface area contributed by atoms with Gasteiger partial charge in [0.2, 0.25) is 5.91 Å². The number of aromatic nitrogens is 1. The largest absolute Gasteiger partial charge is 0.480 e. The van der Waals surface area contributed by atoms with Gasteiger partial charge in [-0.3, -0.25) is 9.59 Å². The van der Waals surface area contributed by atoms with E-state index in [1.54, 1.807) is 0 Å². The van der Waals surface area contributed by atoms with Gasteiger partial charge in [-0.15, -0.1) is 0 Å². The predicted molar refractivity (Wildman–Crippen MR) is 53.5 cm³/mol. The van der Waals surface area contributed by atoms with Crippen molar-refractivity contribution in [1.82, 2.24) is 10.3 Å². The van der Waals surface area contributed by atoms with Crippen LogP contribution >= 0.6 is 0 Å². The van der Waals surface area contributed by atoms with Gasteiger partial charge in [-0.1, -0.05) is 0 Å². The molecule has 7 heteroatoms. The van der Waals surface area contributed by atoms with Gasteiger partial charge in [0.25, 0.3) is 5.91 Å². The smallest absolute Gasteiger partial charge is 0.326 e. The van der Waals surface area contributed by atoms with Gasteiger partial charge in [0.05, 0.1) is 12.0 Å². The van der Waals surface area contributed by atoms with Crippen LogP contribution in [0.1, 0.15) is 16.8 Å². The number of carbonyl (C=O) groups excluding carboxylic acids is 2. The molecule has 0 bridgehead atoms. The minimum atomic E-state index is -1.31. The number of primary amides is 1. The van der Waals surface area contributed by atoms with E-state index in [2.05, 4.69) is 10.3 Å². The Bertz CT molecular complexity index is 399. The summed E-state index contributed by atoms with van der Waals surface area (Å²) in [5, 5.41) is 10.9. The van der Waals surface area contributed by atoms with Crippen LogP contribution in [0, 0.1) is 0 Å². The van der Waals surface area contributed by atoms with E-state index >= 15 is 0 Å². The van der Waals surface area contributed by atoms with Crippen LogP contribution in [0.15, 0.2) is 18.5 Å². The fourth-order valence-corrected chi connectivity index (χ4v) is 1.11. The second kappa shape index (κ2) is 4.96.